The molecule has 0 saturated carbocycles. The smallest absolute Gasteiger partial charge is 0.407 e. The molecule has 0 spiro atoms. The Labute approximate surface area is 319 Å². The second-order valence-electron chi connectivity index (χ2n) is 14.9. The van der Waals surface area contributed by atoms with Gasteiger partial charge in [0.05, 0.1) is 42.4 Å². The number of imidazole rings is 1. The molecule has 0 radical (unpaired) electrons. The zero-order chi connectivity index (χ0) is 39.4. The summed E-state index contributed by atoms with van der Waals surface area (Å²) in [5.41, 5.74) is 4.65. The highest BCUT2D eigenvalue weighted by Crippen LogP contribution is 2.34. The van der Waals surface area contributed by atoms with Crippen LogP contribution in [0.1, 0.15) is 75.6 Å². The Morgan fingerprint density at radius 2 is 1.42 bits per heavy atom. The lowest BCUT2D eigenvalue weighted by atomic mass is 10.0. The van der Waals surface area contributed by atoms with E-state index in [0.29, 0.717) is 24.5 Å². The van der Waals surface area contributed by atoms with Gasteiger partial charge < -0.3 is 40.2 Å². The number of H-pyrrole nitrogens is 1. The quantitative estimate of drug-likeness (QED) is 0.165. The number of hydrogen-bond acceptors (Lipinski definition) is 9. The molecule has 292 valence electrons. The van der Waals surface area contributed by atoms with Gasteiger partial charge in [-0.25, -0.2) is 14.6 Å². The first-order chi connectivity index (χ1) is 26.4. The van der Waals surface area contributed by atoms with E-state index in [1.807, 2.05) is 64.1 Å². The summed E-state index contributed by atoms with van der Waals surface area (Å²) in [5.74, 6) is -0.193. The highest BCUT2D eigenvalue weighted by atomic mass is 16.5. The number of alkyl carbamates (subject to hydrolysis) is 2. The van der Waals surface area contributed by atoms with E-state index in [0.717, 1.165) is 58.7 Å². The molecule has 2 aromatic carbocycles. The fraction of sp³-hybridized carbons (Fsp3) is 0.475. The van der Waals surface area contributed by atoms with Crippen molar-refractivity contribution in [2.75, 3.05) is 33.9 Å². The molecule has 0 unspecified atom stereocenters. The molecule has 4 aromatic rings. The van der Waals surface area contributed by atoms with Crippen LogP contribution in [0.4, 0.5) is 9.59 Å². The number of methoxy groups -OCH3 is 2. The molecule has 15 heteroatoms. The molecule has 4 N–H and O–H groups in total. The summed E-state index contributed by atoms with van der Waals surface area (Å²) >= 11 is 0. The van der Waals surface area contributed by atoms with Gasteiger partial charge in [-0.1, -0.05) is 45.9 Å². The fourth-order valence-electron chi connectivity index (χ4n) is 7.51. The van der Waals surface area contributed by atoms with E-state index in [9.17, 15) is 24.0 Å². The van der Waals surface area contributed by atoms with Crippen molar-refractivity contribution in [3.8, 4) is 11.1 Å². The molecule has 15 nitrogen and oxygen atoms in total. The zero-order valence-electron chi connectivity index (χ0n) is 32.2. The molecule has 2 aliphatic heterocycles. The number of aromatic nitrogens is 3. The van der Waals surface area contributed by atoms with Gasteiger partial charge in [-0.05, 0) is 72.9 Å². The fourth-order valence-corrected chi connectivity index (χ4v) is 7.51. The van der Waals surface area contributed by atoms with Crippen LogP contribution in [-0.2, 0) is 19.1 Å². The minimum Gasteiger partial charge on any atom is -0.453 e. The number of carbonyl (C=O) groups excluding carboxylic acids is 5. The third-order valence-corrected chi connectivity index (χ3v) is 10.6. The Morgan fingerprint density at radius 1 is 0.800 bits per heavy atom. The third kappa shape index (κ3) is 8.50. The van der Waals surface area contributed by atoms with Crippen LogP contribution < -0.4 is 16.0 Å². The van der Waals surface area contributed by atoms with Gasteiger partial charge in [0, 0.05) is 37.3 Å². The van der Waals surface area contributed by atoms with Crippen LogP contribution in [0.3, 0.4) is 0 Å². The van der Waals surface area contributed by atoms with E-state index in [1.165, 1.54) is 14.2 Å². The topological polar surface area (TPSA) is 188 Å². The predicted octanol–water partition coefficient (Wildman–Crippen LogP) is 4.92. The highest BCUT2D eigenvalue weighted by molar-refractivity contribution is 5.98. The van der Waals surface area contributed by atoms with Gasteiger partial charge in [-0.3, -0.25) is 19.4 Å². The lowest BCUT2D eigenvalue weighted by Crippen LogP contribution is -2.54. The standard InChI is InChI=1S/C40H50N8O7/c1-22(2)33(45-39(52)54-5)37(50)47-15-7-9-28(47)21-42-36(49)27-17-26-12-11-24(18-30(26)41-20-27)25-13-14-29-31(19-25)44-35(43-29)32-10-8-16-48(32)38(51)34(23(3)4)46-40(53)55-6/h11-14,17-20,22-23,28,32-34H,7-10,15-16,21H2,1-6H3,(H,42,49)(H,43,44)(H,45,52)(H,46,53)/t28-,32-,33-,34-/m0/s1. The first-order valence-electron chi connectivity index (χ1n) is 18.9. The van der Waals surface area contributed by atoms with Crippen LogP contribution in [0.25, 0.3) is 33.1 Å². The number of hydrogen-bond donors (Lipinski definition) is 4. The molecular weight excluding hydrogens is 704 g/mol. The summed E-state index contributed by atoms with van der Waals surface area (Å²) in [4.78, 5) is 80.5. The monoisotopic (exact) mass is 754 g/mol. The molecule has 4 atom stereocenters. The SMILES string of the molecule is COC(=O)N[C@H](C(=O)N1CCC[C@H]1CNC(=O)c1cnc2cc(-c3ccc4nc([C@@H]5CCCN5C(=O)[C@@H](NC(=O)OC)C(C)C)[nH]c4c3)ccc2c1)C(C)C. The van der Waals surface area contributed by atoms with Crippen molar-refractivity contribution in [3.05, 3.63) is 60.0 Å². The summed E-state index contributed by atoms with van der Waals surface area (Å²) in [6, 6.07) is 11.8. The predicted molar refractivity (Wildman–Crippen MR) is 206 cm³/mol. The number of nitrogens with zero attached hydrogens (tertiary/aromatic N) is 4. The van der Waals surface area contributed by atoms with E-state index in [4.69, 9.17) is 14.5 Å². The summed E-state index contributed by atoms with van der Waals surface area (Å²) in [5, 5.41) is 9.12. The van der Waals surface area contributed by atoms with Crippen LogP contribution in [-0.4, -0.2) is 107 Å². The molecule has 2 aliphatic rings. The largest absolute Gasteiger partial charge is 0.453 e. The van der Waals surface area contributed by atoms with Crippen LogP contribution in [0, 0.1) is 11.8 Å². The number of carbonyl (C=O) groups is 5. The lowest BCUT2D eigenvalue weighted by molar-refractivity contribution is -0.136. The zero-order valence-corrected chi connectivity index (χ0v) is 32.2. The summed E-state index contributed by atoms with van der Waals surface area (Å²) in [6.45, 7) is 8.91. The molecule has 6 rings (SSSR count). The Balaban J connectivity index is 1.12. The van der Waals surface area contributed by atoms with Gasteiger partial charge in [0.1, 0.15) is 17.9 Å². The maximum Gasteiger partial charge on any atom is 0.407 e. The number of likely N-dealkylation sites (tertiary alicyclic amines) is 2. The maximum absolute atomic E-state index is 13.6. The van der Waals surface area contributed by atoms with Crippen molar-refractivity contribution < 1.29 is 33.4 Å². The van der Waals surface area contributed by atoms with Gasteiger partial charge in [0.25, 0.3) is 5.91 Å². The molecule has 4 heterocycles. The molecule has 2 aromatic heterocycles. The van der Waals surface area contributed by atoms with Crippen molar-refractivity contribution in [3.63, 3.8) is 0 Å². The second kappa shape index (κ2) is 16.7. The Morgan fingerprint density at radius 3 is 2.09 bits per heavy atom. The van der Waals surface area contributed by atoms with Crippen LogP contribution in [0.15, 0.2) is 48.7 Å². The molecule has 2 fully saturated rings. The maximum atomic E-state index is 13.6. The van der Waals surface area contributed by atoms with Gasteiger partial charge in [0.15, 0.2) is 0 Å². The Bertz CT molecular complexity index is 2080. The van der Waals surface area contributed by atoms with Crippen molar-refractivity contribution in [2.45, 2.75) is 77.5 Å². The van der Waals surface area contributed by atoms with Gasteiger partial charge >= 0.3 is 12.2 Å². The van der Waals surface area contributed by atoms with Crippen molar-refractivity contribution in [1.82, 2.24) is 40.7 Å². The normalized spacial score (nSPS) is 18.1. The van der Waals surface area contributed by atoms with E-state index in [1.54, 1.807) is 22.1 Å². The summed E-state index contributed by atoms with van der Waals surface area (Å²) in [6.07, 6.45) is 3.39. The molecular formula is C40H50N8O7. The van der Waals surface area contributed by atoms with Gasteiger partial charge in [-0.15, -0.1) is 0 Å². The first kappa shape index (κ1) is 39.0. The van der Waals surface area contributed by atoms with Crippen LogP contribution >= 0.6 is 0 Å². The summed E-state index contributed by atoms with van der Waals surface area (Å²) < 4.78 is 9.47. The minimum absolute atomic E-state index is 0.124. The van der Waals surface area contributed by atoms with Crippen molar-refractivity contribution >= 4 is 51.8 Å². The van der Waals surface area contributed by atoms with Crippen LogP contribution in [0.5, 0.6) is 0 Å². The van der Waals surface area contributed by atoms with Crippen LogP contribution in [0.2, 0.25) is 0 Å². The van der Waals surface area contributed by atoms with E-state index in [2.05, 4.69) is 25.9 Å². The molecule has 0 bridgehead atoms. The number of rotatable bonds is 11. The Kier molecular flexibility index (Phi) is 11.9. The average Bonchev–Trinajstić information content (AvgIpc) is 3.96. The van der Waals surface area contributed by atoms with Gasteiger partial charge in [-0.2, -0.15) is 0 Å². The number of amides is 5. The van der Waals surface area contributed by atoms with E-state index < -0.39 is 24.3 Å². The number of nitrogens with one attached hydrogen (secondary N) is 4. The average molecular weight is 755 g/mol. The molecule has 5 amide bonds. The first-order valence-corrected chi connectivity index (χ1v) is 18.9. The van der Waals surface area contributed by atoms with Gasteiger partial charge in [0.2, 0.25) is 11.8 Å². The van der Waals surface area contributed by atoms with E-state index in [-0.39, 0.29) is 48.2 Å². The number of fused-ring (bicyclic) bond motifs is 2. The second-order valence-corrected chi connectivity index (χ2v) is 14.9. The number of pyridine rings is 1. The molecule has 0 aliphatic carbocycles. The molecule has 55 heavy (non-hydrogen) atoms. The van der Waals surface area contributed by atoms with Crippen molar-refractivity contribution in [2.24, 2.45) is 11.8 Å². The highest BCUT2D eigenvalue weighted by Gasteiger charge is 2.38. The lowest BCUT2D eigenvalue weighted by Gasteiger charge is -2.30. The summed E-state index contributed by atoms with van der Waals surface area (Å²) in [7, 11) is 2.54. The van der Waals surface area contributed by atoms with E-state index >= 15 is 0 Å². The number of benzene rings is 2. The minimum atomic E-state index is -0.723. The molecule has 2 saturated heterocycles. The Hall–Kier alpha value is -5.73. The number of ether oxygens (including phenoxy) is 2. The third-order valence-electron chi connectivity index (χ3n) is 10.6. The number of aromatic amines is 1. The van der Waals surface area contributed by atoms with Crippen molar-refractivity contribution in [1.29, 1.82) is 0 Å².